The molecule has 0 saturated heterocycles. The van der Waals surface area contributed by atoms with Crippen LogP contribution in [0.3, 0.4) is 0 Å². The summed E-state index contributed by atoms with van der Waals surface area (Å²) in [4.78, 5) is 0. The molecule has 0 fully saturated rings. The molecule has 1 heterocycles. The number of nitrogens with two attached hydrogens (primary N) is 1. The van der Waals surface area contributed by atoms with E-state index in [-0.39, 0.29) is 6.10 Å². The van der Waals surface area contributed by atoms with Crippen LogP contribution in [0.5, 0.6) is 11.5 Å². The first kappa shape index (κ1) is 13.5. The van der Waals surface area contributed by atoms with Crippen LogP contribution in [0.15, 0.2) is 48.5 Å². The van der Waals surface area contributed by atoms with E-state index >= 15 is 0 Å². The van der Waals surface area contributed by atoms with Gasteiger partial charge in [-0.15, -0.1) is 0 Å². The first-order chi connectivity index (χ1) is 10.3. The molecule has 106 valence electrons. The molecule has 2 aromatic carbocycles. The molecule has 3 heteroatoms. The summed E-state index contributed by atoms with van der Waals surface area (Å²) in [6.45, 7) is 0.891. The third kappa shape index (κ3) is 3.36. The van der Waals surface area contributed by atoms with Gasteiger partial charge >= 0.3 is 0 Å². The third-order valence-corrected chi connectivity index (χ3v) is 3.32. The Bertz CT molecular complexity index is 660. The van der Waals surface area contributed by atoms with Crippen molar-refractivity contribution in [3.8, 4) is 23.3 Å². The van der Waals surface area contributed by atoms with Crippen LogP contribution in [0.25, 0.3) is 0 Å². The fourth-order valence-electron chi connectivity index (χ4n) is 2.35. The maximum absolute atomic E-state index is 5.85. The first-order valence-electron chi connectivity index (χ1n) is 7.01. The molecular weight excluding hydrogens is 262 g/mol. The van der Waals surface area contributed by atoms with Crippen LogP contribution in [0, 0.1) is 11.8 Å². The highest BCUT2D eigenvalue weighted by molar-refractivity contribution is 5.40. The molecule has 1 aliphatic rings. The van der Waals surface area contributed by atoms with Crippen LogP contribution in [0.4, 0.5) is 0 Å². The van der Waals surface area contributed by atoms with Gasteiger partial charge in [-0.05, 0) is 29.8 Å². The number of para-hydroxylation sites is 1. The van der Waals surface area contributed by atoms with Gasteiger partial charge in [0.25, 0.3) is 0 Å². The molecule has 3 rings (SSSR count). The predicted molar refractivity (Wildman–Crippen MR) is 82.4 cm³/mol. The average Bonchev–Trinajstić information content (AvgIpc) is 2.94. The number of rotatable bonds is 3. The molecule has 0 amide bonds. The highest BCUT2D eigenvalue weighted by Crippen LogP contribution is 2.28. The Morgan fingerprint density at radius 3 is 2.95 bits per heavy atom. The minimum absolute atomic E-state index is 0.0705. The van der Waals surface area contributed by atoms with Crippen molar-refractivity contribution >= 4 is 0 Å². The lowest BCUT2D eigenvalue weighted by atomic mass is 10.1. The van der Waals surface area contributed by atoms with Crippen molar-refractivity contribution in [1.82, 2.24) is 0 Å². The van der Waals surface area contributed by atoms with Crippen LogP contribution in [-0.4, -0.2) is 19.3 Å². The van der Waals surface area contributed by atoms with Gasteiger partial charge in [0, 0.05) is 12.0 Å². The Kier molecular flexibility index (Phi) is 4.09. The minimum atomic E-state index is 0.0705. The van der Waals surface area contributed by atoms with Gasteiger partial charge in [-0.1, -0.05) is 36.1 Å². The number of fused-ring (bicyclic) bond motifs is 1. The Labute approximate surface area is 124 Å². The second-order valence-electron chi connectivity index (χ2n) is 4.90. The summed E-state index contributed by atoms with van der Waals surface area (Å²) in [6.07, 6.45) is 0.962. The summed E-state index contributed by atoms with van der Waals surface area (Å²) in [5, 5.41) is 0. The van der Waals surface area contributed by atoms with Crippen molar-refractivity contribution < 1.29 is 9.47 Å². The molecule has 1 atom stereocenters. The van der Waals surface area contributed by atoms with E-state index in [4.69, 9.17) is 15.2 Å². The zero-order valence-electron chi connectivity index (χ0n) is 11.7. The molecule has 2 aromatic rings. The highest BCUT2D eigenvalue weighted by Gasteiger charge is 2.22. The lowest BCUT2D eigenvalue weighted by Crippen LogP contribution is -2.22. The summed E-state index contributed by atoms with van der Waals surface area (Å²) >= 11 is 0. The maximum Gasteiger partial charge on any atom is 0.137 e. The lowest BCUT2D eigenvalue weighted by Gasteiger charge is -2.12. The first-order valence-corrected chi connectivity index (χ1v) is 7.01. The van der Waals surface area contributed by atoms with Crippen LogP contribution in [0.1, 0.15) is 11.1 Å². The topological polar surface area (TPSA) is 44.5 Å². The molecule has 21 heavy (non-hydrogen) atoms. The minimum Gasteiger partial charge on any atom is -0.490 e. The average molecular weight is 279 g/mol. The van der Waals surface area contributed by atoms with E-state index in [1.54, 1.807) is 0 Å². The number of benzene rings is 2. The van der Waals surface area contributed by atoms with Crippen LogP contribution in [-0.2, 0) is 6.42 Å². The zero-order valence-corrected chi connectivity index (χ0v) is 11.7. The van der Waals surface area contributed by atoms with Gasteiger partial charge in [-0.3, -0.25) is 0 Å². The van der Waals surface area contributed by atoms with Crippen molar-refractivity contribution in [3.63, 3.8) is 0 Å². The van der Waals surface area contributed by atoms with Crippen LogP contribution < -0.4 is 15.2 Å². The van der Waals surface area contributed by atoms with Gasteiger partial charge in [0.1, 0.15) is 24.2 Å². The molecule has 2 N–H and O–H groups in total. The van der Waals surface area contributed by atoms with E-state index in [9.17, 15) is 0 Å². The summed E-state index contributed by atoms with van der Waals surface area (Å²) in [7, 11) is 0. The van der Waals surface area contributed by atoms with E-state index in [1.165, 1.54) is 5.56 Å². The van der Waals surface area contributed by atoms with E-state index < -0.39 is 0 Å². The van der Waals surface area contributed by atoms with Gasteiger partial charge in [0.05, 0.1) is 6.54 Å². The van der Waals surface area contributed by atoms with E-state index in [0.717, 1.165) is 23.5 Å². The monoisotopic (exact) mass is 279 g/mol. The second kappa shape index (κ2) is 6.34. The third-order valence-electron chi connectivity index (χ3n) is 3.32. The van der Waals surface area contributed by atoms with Crippen molar-refractivity contribution in [1.29, 1.82) is 0 Å². The van der Waals surface area contributed by atoms with Crippen molar-refractivity contribution in [2.24, 2.45) is 5.73 Å². The lowest BCUT2D eigenvalue weighted by molar-refractivity contribution is 0.148. The predicted octanol–water partition coefficient (Wildman–Crippen LogP) is 2.38. The Balaban J connectivity index is 1.59. The molecule has 1 aliphatic heterocycles. The molecule has 0 bridgehead atoms. The number of ether oxygens (including phenoxy) is 2. The van der Waals surface area contributed by atoms with Crippen molar-refractivity contribution in [3.05, 3.63) is 59.7 Å². The maximum atomic E-state index is 5.85. The normalized spacial score (nSPS) is 15.6. The van der Waals surface area contributed by atoms with Gasteiger partial charge in [0.2, 0.25) is 0 Å². The molecule has 0 aromatic heterocycles. The van der Waals surface area contributed by atoms with Gasteiger partial charge < -0.3 is 15.2 Å². The van der Waals surface area contributed by atoms with E-state index in [1.807, 2.05) is 42.5 Å². The van der Waals surface area contributed by atoms with E-state index in [0.29, 0.717) is 13.2 Å². The summed E-state index contributed by atoms with van der Waals surface area (Å²) < 4.78 is 11.7. The molecule has 1 unspecified atom stereocenters. The van der Waals surface area contributed by atoms with Gasteiger partial charge in [-0.25, -0.2) is 0 Å². The summed E-state index contributed by atoms with van der Waals surface area (Å²) in [5.41, 5.74) is 7.53. The highest BCUT2D eigenvalue weighted by atomic mass is 16.5. The fraction of sp³-hybridized carbons (Fsp3) is 0.222. The molecular formula is C18H17NO2. The van der Waals surface area contributed by atoms with Crippen LogP contribution >= 0.6 is 0 Å². The van der Waals surface area contributed by atoms with Crippen molar-refractivity contribution in [2.45, 2.75) is 12.5 Å². The SMILES string of the molecule is NCC#Cc1cccc(OCC2Cc3ccccc3O2)c1. The zero-order chi connectivity index (χ0) is 14.5. The Morgan fingerprint density at radius 2 is 2.10 bits per heavy atom. The van der Waals surface area contributed by atoms with Crippen LogP contribution in [0.2, 0.25) is 0 Å². The van der Waals surface area contributed by atoms with Gasteiger partial charge in [0.15, 0.2) is 0 Å². The fourth-order valence-corrected chi connectivity index (χ4v) is 2.35. The van der Waals surface area contributed by atoms with Crippen molar-refractivity contribution in [2.75, 3.05) is 13.2 Å². The Hall–Kier alpha value is -2.44. The van der Waals surface area contributed by atoms with Gasteiger partial charge in [-0.2, -0.15) is 0 Å². The summed E-state index contributed by atoms with van der Waals surface area (Å²) in [6, 6.07) is 15.8. The second-order valence-corrected chi connectivity index (χ2v) is 4.90. The van der Waals surface area contributed by atoms with E-state index in [2.05, 4.69) is 17.9 Å². The number of hydrogen-bond acceptors (Lipinski definition) is 3. The molecule has 0 radical (unpaired) electrons. The smallest absolute Gasteiger partial charge is 0.137 e. The Morgan fingerprint density at radius 1 is 1.19 bits per heavy atom. The summed E-state index contributed by atoms with van der Waals surface area (Å²) in [5.74, 6) is 7.61. The molecule has 0 aliphatic carbocycles. The molecule has 0 spiro atoms. The standard InChI is InChI=1S/C18H17NO2/c19-10-4-6-14-5-3-8-16(11-14)20-13-17-12-15-7-1-2-9-18(15)21-17/h1-3,5,7-9,11,17H,10,12-13,19H2. The molecule has 3 nitrogen and oxygen atoms in total. The quantitative estimate of drug-likeness (QED) is 0.877. The largest absolute Gasteiger partial charge is 0.490 e. The number of hydrogen-bond donors (Lipinski definition) is 1. The molecule has 0 saturated carbocycles.